The van der Waals surface area contributed by atoms with Crippen LogP contribution in [-0.2, 0) is 6.54 Å². The van der Waals surface area contributed by atoms with Crippen molar-refractivity contribution in [3.63, 3.8) is 0 Å². The summed E-state index contributed by atoms with van der Waals surface area (Å²) in [4.78, 5) is 14.5. The van der Waals surface area contributed by atoms with Gasteiger partial charge >= 0.3 is 0 Å². The third-order valence-electron chi connectivity index (χ3n) is 4.15. The summed E-state index contributed by atoms with van der Waals surface area (Å²) in [5.41, 5.74) is 0.612. The fraction of sp³-hybridized carbons (Fsp3) is 0.500. The zero-order chi connectivity index (χ0) is 16.2. The summed E-state index contributed by atoms with van der Waals surface area (Å²) >= 11 is 0. The largest absolute Gasteiger partial charge is 0.479 e. The van der Waals surface area contributed by atoms with Gasteiger partial charge in [-0.2, -0.15) is 0 Å². The Hall–Kier alpha value is -2.28. The number of nitrogens with zero attached hydrogens (tertiary/aromatic N) is 2. The van der Waals surface area contributed by atoms with Gasteiger partial charge in [0.1, 0.15) is 5.76 Å². The molecule has 0 unspecified atom stereocenters. The minimum absolute atomic E-state index is 0.0605. The summed E-state index contributed by atoms with van der Waals surface area (Å²) in [7, 11) is 1.57. The van der Waals surface area contributed by atoms with Crippen LogP contribution in [0.2, 0.25) is 0 Å². The van der Waals surface area contributed by atoms with Gasteiger partial charge in [0, 0.05) is 25.2 Å². The number of likely N-dealkylation sites (tertiary alicyclic amines) is 1. The lowest BCUT2D eigenvalue weighted by Crippen LogP contribution is -2.44. The van der Waals surface area contributed by atoms with Crippen LogP contribution in [0.15, 0.2) is 27.3 Å². The molecule has 7 nitrogen and oxygen atoms in total. The molecule has 1 aliphatic rings. The first-order chi connectivity index (χ1) is 11.2. The molecule has 2 aromatic rings. The molecule has 1 N–H and O–H groups in total. The molecule has 0 bridgehead atoms. The lowest BCUT2D eigenvalue weighted by Gasteiger charge is -2.31. The SMILES string of the molecule is COc1cc(CN2CCC(NC(=O)c3ccoc3C)CC2)on1. The Bertz CT molecular complexity index is 656. The molecular formula is C16H21N3O4. The van der Waals surface area contributed by atoms with Gasteiger partial charge < -0.3 is 19.0 Å². The topological polar surface area (TPSA) is 80.7 Å². The van der Waals surface area contributed by atoms with Gasteiger partial charge in [-0.15, -0.1) is 0 Å². The monoisotopic (exact) mass is 319 g/mol. The molecule has 2 aromatic heterocycles. The van der Waals surface area contributed by atoms with Crippen molar-refractivity contribution in [3.8, 4) is 5.88 Å². The van der Waals surface area contributed by atoms with Crippen LogP contribution < -0.4 is 10.1 Å². The van der Waals surface area contributed by atoms with Crippen LogP contribution in [0.1, 0.15) is 34.7 Å². The highest BCUT2D eigenvalue weighted by molar-refractivity contribution is 5.95. The number of hydrogen-bond donors (Lipinski definition) is 1. The smallest absolute Gasteiger partial charge is 0.255 e. The summed E-state index contributed by atoms with van der Waals surface area (Å²) in [6.07, 6.45) is 3.36. The number of methoxy groups -OCH3 is 1. The summed E-state index contributed by atoms with van der Waals surface area (Å²) in [5, 5.41) is 6.88. The van der Waals surface area contributed by atoms with Crippen molar-refractivity contribution < 1.29 is 18.5 Å². The molecule has 0 atom stereocenters. The van der Waals surface area contributed by atoms with E-state index in [2.05, 4.69) is 15.4 Å². The van der Waals surface area contributed by atoms with Crippen LogP contribution in [0.4, 0.5) is 0 Å². The van der Waals surface area contributed by atoms with Crippen molar-refractivity contribution in [2.45, 2.75) is 32.4 Å². The van der Waals surface area contributed by atoms with E-state index in [9.17, 15) is 4.79 Å². The zero-order valence-electron chi connectivity index (χ0n) is 13.4. The van der Waals surface area contributed by atoms with E-state index in [1.165, 1.54) is 0 Å². The van der Waals surface area contributed by atoms with Gasteiger partial charge in [0.25, 0.3) is 11.8 Å². The van der Waals surface area contributed by atoms with Crippen LogP contribution in [0.5, 0.6) is 5.88 Å². The second kappa shape index (κ2) is 6.87. The van der Waals surface area contributed by atoms with Gasteiger partial charge in [-0.05, 0) is 31.0 Å². The van der Waals surface area contributed by atoms with E-state index in [-0.39, 0.29) is 11.9 Å². The normalized spacial score (nSPS) is 16.4. The van der Waals surface area contributed by atoms with Crippen molar-refractivity contribution in [1.29, 1.82) is 0 Å². The Labute approximate surface area is 134 Å². The maximum Gasteiger partial charge on any atom is 0.255 e. The summed E-state index contributed by atoms with van der Waals surface area (Å²) in [6.45, 7) is 4.30. The van der Waals surface area contributed by atoms with E-state index in [1.54, 1.807) is 32.4 Å². The van der Waals surface area contributed by atoms with Crippen LogP contribution in [0.25, 0.3) is 0 Å². The molecule has 23 heavy (non-hydrogen) atoms. The van der Waals surface area contributed by atoms with Crippen molar-refractivity contribution in [2.75, 3.05) is 20.2 Å². The van der Waals surface area contributed by atoms with Crippen molar-refractivity contribution in [2.24, 2.45) is 0 Å². The van der Waals surface area contributed by atoms with Crippen LogP contribution in [0, 0.1) is 6.92 Å². The number of aryl methyl sites for hydroxylation is 1. The molecule has 3 heterocycles. The fourth-order valence-corrected chi connectivity index (χ4v) is 2.80. The molecular weight excluding hydrogens is 298 g/mol. The Balaban J connectivity index is 1.46. The number of amides is 1. The van der Waals surface area contributed by atoms with Gasteiger partial charge in [-0.3, -0.25) is 9.69 Å². The van der Waals surface area contributed by atoms with E-state index < -0.39 is 0 Å². The van der Waals surface area contributed by atoms with Gasteiger partial charge in [-0.1, -0.05) is 0 Å². The van der Waals surface area contributed by atoms with E-state index in [0.717, 1.165) is 31.7 Å². The lowest BCUT2D eigenvalue weighted by molar-refractivity contribution is 0.0904. The second-order valence-electron chi connectivity index (χ2n) is 5.75. The molecule has 0 saturated carbocycles. The van der Waals surface area contributed by atoms with Gasteiger partial charge in [0.2, 0.25) is 0 Å². The average Bonchev–Trinajstić information content (AvgIpc) is 3.18. The lowest BCUT2D eigenvalue weighted by atomic mass is 10.0. The summed E-state index contributed by atoms with van der Waals surface area (Å²) in [6, 6.07) is 3.70. The Kier molecular flexibility index (Phi) is 4.66. The first-order valence-corrected chi connectivity index (χ1v) is 7.72. The molecule has 1 saturated heterocycles. The van der Waals surface area contributed by atoms with Crippen LogP contribution in [0.3, 0.4) is 0 Å². The molecule has 124 valence electrons. The van der Waals surface area contributed by atoms with Crippen molar-refractivity contribution >= 4 is 5.91 Å². The van der Waals surface area contributed by atoms with E-state index in [4.69, 9.17) is 13.7 Å². The maximum atomic E-state index is 12.2. The molecule has 3 rings (SSSR count). The number of rotatable bonds is 5. The van der Waals surface area contributed by atoms with Crippen LogP contribution >= 0.6 is 0 Å². The molecule has 0 aromatic carbocycles. The molecule has 1 fully saturated rings. The van der Waals surface area contributed by atoms with Crippen molar-refractivity contribution in [1.82, 2.24) is 15.4 Å². The molecule has 0 radical (unpaired) electrons. The summed E-state index contributed by atoms with van der Waals surface area (Å²) in [5.74, 6) is 1.88. The highest BCUT2D eigenvalue weighted by atomic mass is 16.5. The molecule has 1 aliphatic heterocycles. The second-order valence-corrected chi connectivity index (χ2v) is 5.75. The van der Waals surface area contributed by atoms with Gasteiger partial charge in [0.05, 0.1) is 25.5 Å². The number of ether oxygens (including phenoxy) is 1. The Morgan fingerprint density at radius 1 is 1.48 bits per heavy atom. The van der Waals surface area contributed by atoms with Crippen LogP contribution in [-0.4, -0.2) is 42.2 Å². The number of aromatic nitrogens is 1. The Morgan fingerprint density at radius 2 is 2.26 bits per heavy atom. The maximum absolute atomic E-state index is 12.2. The first-order valence-electron chi connectivity index (χ1n) is 7.72. The number of nitrogens with one attached hydrogen (secondary N) is 1. The standard InChI is InChI=1S/C16H21N3O4/c1-11-14(5-8-22-11)16(20)17-12-3-6-19(7-4-12)10-13-9-15(21-2)18-23-13/h5,8-9,12H,3-4,6-7,10H2,1-2H3,(H,17,20). The van der Waals surface area contributed by atoms with E-state index in [0.29, 0.717) is 23.7 Å². The van der Waals surface area contributed by atoms with Gasteiger partial charge in [-0.25, -0.2) is 0 Å². The quantitative estimate of drug-likeness (QED) is 0.907. The molecule has 1 amide bonds. The number of hydrogen-bond acceptors (Lipinski definition) is 6. The van der Waals surface area contributed by atoms with E-state index >= 15 is 0 Å². The minimum atomic E-state index is -0.0605. The number of carbonyl (C=O) groups is 1. The highest BCUT2D eigenvalue weighted by Gasteiger charge is 2.23. The number of carbonyl (C=O) groups excluding carboxylic acids is 1. The number of furan rings is 1. The highest BCUT2D eigenvalue weighted by Crippen LogP contribution is 2.17. The fourth-order valence-electron chi connectivity index (χ4n) is 2.80. The number of piperidine rings is 1. The van der Waals surface area contributed by atoms with Gasteiger partial charge in [0.15, 0.2) is 5.76 Å². The molecule has 0 aliphatic carbocycles. The minimum Gasteiger partial charge on any atom is -0.479 e. The van der Waals surface area contributed by atoms with E-state index in [1.807, 2.05) is 0 Å². The average molecular weight is 319 g/mol. The predicted octanol–water partition coefficient (Wildman–Crippen LogP) is 1.98. The van der Waals surface area contributed by atoms with Crippen molar-refractivity contribution in [3.05, 3.63) is 35.5 Å². The molecule has 7 heteroatoms. The predicted molar refractivity (Wildman–Crippen MR) is 82.3 cm³/mol. The third-order valence-corrected chi connectivity index (χ3v) is 4.15. The Morgan fingerprint density at radius 3 is 2.87 bits per heavy atom. The third kappa shape index (κ3) is 3.73. The molecule has 0 spiro atoms. The first kappa shape index (κ1) is 15.6. The zero-order valence-corrected chi connectivity index (χ0v) is 13.4. The summed E-state index contributed by atoms with van der Waals surface area (Å²) < 4.78 is 15.4.